The largest absolute Gasteiger partial charge is 0.488 e. The highest BCUT2D eigenvalue weighted by Gasteiger charge is 2.22. The summed E-state index contributed by atoms with van der Waals surface area (Å²) >= 11 is 3.43. The monoisotopic (exact) mass is 412 g/mol. The van der Waals surface area contributed by atoms with Gasteiger partial charge in [-0.2, -0.15) is 0 Å². The highest BCUT2D eigenvalue weighted by atomic mass is 79.9. The van der Waals surface area contributed by atoms with Gasteiger partial charge in [-0.3, -0.25) is 9.59 Å². The Labute approximate surface area is 159 Å². The summed E-state index contributed by atoms with van der Waals surface area (Å²) in [6, 6.07) is 13.1. The smallest absolute Gasteiger partial charge is 0.255 e. The number of fused-ring (bicyclic) bond motifs is 1. The molecule has 0 radical (unpaired) electrons. The molecule has 2 aliphatic rings. The van der Waals surface area contributed by atoms with Crippen molar-refractivity contribution in [1.29, 1.82) is 0 Å². The van der Waals surface area contributed by atoms with E-state index in [4.69, 9.17) is 4.74 Å². The van der Waals surface area contributed by atoms with Crippen LogP contribution in [-0.4, -0.2) is 25.0 Å². The highest BCUT2D eigenvalue weighted by Crippen LogP contribution is 2.30. The molecule has 1 fully saturated rings. The maximum Gasteiger partial charge on any atom is 0.255 e. The van der Waals surface area contributed by atoms with Crippen LogP contribution in [0, 0.1) is 0 Å². The average molecular weight is 413 g/mol. The summed E-state index contributed by atoms with van der Waals surface area (Å²) in [6.07, 6.45) is 3.29. The second-order valence-electron chi connectivity index (χ2n) is 6.29. The lowest BCUT2D eigenvalue weighted by Crippen LogP contribution is -2.24. The van der Waals surface area contributed by atoms with Gasteiger partial charge in [-0.1, -0.05) is 22.0 Å². The van der Waals surface area contributed by atoms with Gasteiger partial charge in [0.15, 0.2) is 0 Å². The molecule has 26 heavy (non-hydrogen) atoms. The Morgan fingerprint density at radius 2 is 2.08 bits per heavy atom. The van der Waals surface area contributed by atoms with Crippen LogP contribution in [0.4, 0.5) is 11.4 Å². The van der Waals surface area contributed by atoms with Crippen LogP contribution in [0.1, 0.15) is 18.4 Å². The summed E-state index contributed by atoms with van der Waals surface area (Å²) in [5.41, 5.74) is 2.90. The van der Waals surface area contributed by atoms with E-state index in [2.05, 4.69) is 21.2 Å². The van der Waals surface area contributed by atoms with E-state index in [1.165, 1.54) is 0 Å². The van der Waals surface area contributed by atoms with Crippen LogP contribution in [0.3, 0.4) is 0 Å². The first-order valence-corrected chi connectivity index (χ1v) is 9.24. The van der Waals surface area contributed by atoms with Gasteiger partial charge in [-0.05, 0) is 48.9 Å². The predicted molar refractivity (Wildman–Crippen MR) is 104 cm³/mol. The normalized spacial score (nSPS) is 16.0. The van der Waals surface area contributed by atoms with Gasteiger partial charge in [0.2, 0.25) is 5.91 Å². The van der Waals surface area contributed by atoms with Gasteiger partial charge in [0.05, 0.1) is 5.57 Å². The van der Waals surface area contributed by atoms with Gasteiger partial charge < -0.3 is 15.0 Å². The molecular weight excluding hydrogens is 396 g/mol. The van der Waals surface area contributed by atoms with Gasteiger partial charge in [0.25, 0.3) is 5.91 Å². The molecule has 5 nitrogen and oxygen atoms in total. The minimum Gasteiger partial charge on any atom is -0.488 e. The van der Waals surface area contributed by atoms with Crippen LogP contribution < -0.4 is 15.0 Å². The second kappa shape index (κ2) is 6.96. The van der Waals surface area contributed by atoms with E-state index in [1.807, 2.05) is 48.5 Å². The van der Waals surface area contributed by atoms with Crippen LogP contribution in [-0.2, 0) is 9.59 Å². The third-order valence-electron chi connectivity index (χ3n) is 4.47. The standard InChI is InChI=1S/C20H17BrN2O3/c21-15-6-7-18-13(10-15)9-14(12-26-18)20(25)22-16-3-1-4-17(11-16)23-8-2-5-19(23)24/h1,3-4,6-7,9-11H,2,5,8,12H2,(H,22,25). The average Bonchev–Trinajstić information content (AvgIpc) is 3.07. The summed E-state index contributed by atoms with van der Waals surface area (Å²) in [4.78, 5) is 26.3. The maximum atomic E-state index is 12.6. The number of hydrogen-bond donors (Lipinski definition) is 1. The Morgan fingerprint density at radius 1 is 1.19 bits per heavy atom. The summed E-state index contributed by atoms with van der Waals surface area (Å²) in [6.45, 7) is 0.950. The third-order valence-corrected chi connectivity index (χ3v) is 4.96. The number of nitrogens with one attached hydrogen (secondary N) is 1. The first kappa shape index (κ1) is 16.8. The van der Waals surface area contributed by atoms with E-state index in [0.29, 0.717) is 17.7 Å². The van der Waals surface area contributed by atoms with E-state index < -0.39 is 0 Å². The number of nitrogens with zero attached hydrogens (tertiary/aromatic N) is 1. The lowest BCUT2D eigenvalue weighted by Gasteiger charge is -2.19. The maximum absolute atomic E-state index is 12.6. The lowest BCUT2D eigenvalue weighted by atomic mass is 10.1. The van der Waals surface area contributed by atoms with Crippen LogP contribution >= 0.6 is 15.9 Å². The summed E-state index contributed by atoms with van der Waals surface area (Å²) in [5, 5.41) is 2.90. The van der Waals surface area contributed by atoms with E-state index >= 15 is 0 Å². The summed E-state index contributed by atoms with van der Waals surface area (Å²) in [5.74, 6) is 0.680. The van der Waals surface area contributed by atoms with E-state index in [1.54, 1.807) is 4.90 Å². The Morgan fingerprint density at radius 3 is 2.88 bits per heavy atom. The minimum absolute atomic E-state index is 0.124. The van der Waals surface area contributed by atoms with Crippen LogP contribution in [0.25, 0.3) is 6.08 Å². The fourth-order valence-electron chi connectivity index (χ4n) is 3.16. The third kappa shape index (κ3) is 3.37. The number of hydrogen-bond acceptors (Lipinski definition) is 3. The van der Waals surface area contributed by atoms with E-state index in [-0.39, 0.29) is 18.4 Å². The molecule has 2 aromatic carbocycles. The Hall–Kier alpha value is -2.60. The van der Waals surface area contributed by atoms with Crippen molar-refractivity contribution in [3.8, 4) is 5.75 Å². The van der Waals surface area contributed by atoms with Crippen molar-refractivity contribution in [1.82, 2.24) is 0 Å². The van der Waals surface area contributed by atoms with Gasteiger partial charge >= 0.3 is 0 Å². The molecule has 2 aliphatic heterocycles. The zero-order chi connectivity index (χ0) is 18.1. The van der Waals surface area contributed by atoms with E-state index in [9.17, 15) is 9.59 Å². The Bertz CT molecular complexity index is 923. The number of rotatable bonds is 3. The fourth-order valence-corrected chi connectivity index (χ4v) is 3.54. The fraction of sp³-hybridized carbons (Fsp3) is 0.200. The molecule has 1 N–H and O–H groups in total. The van der Waals surface area contributed by atoms with Crippen LogP contribution in [0.2, 0.25) is 0 Å². The van der Waals surface area contributed by atoms with Crippen LogP contribution in [0.5, 0.6) is 5.75 Å². The quantitative estimate of drug-likeness (QED) is 0.828. The molecular formula is C20H17BrN2O3. The number of carbonyl (C=O) groups excluding carboxylic acids is 2. The molecule has 2 amide bonds. The van der Waals surface area contributed by atoms with Crippen molar-refractivity contribution in [2.24, 2.45) is 0 Å². The van der Waals surface area contributed by atoms with E-state index in [0.717, 1.165) is 34.4 Å². The molecule has 2 heterocycles. The minimum atomic E-state index is -0.208. The van der Waals surface area contributed by atoms with Crippen molar-refractivity contribution in [2.75, 3.05) is 23.4 Å². The zero-order valence-electron chi connectivity index (χ0n) is 14.0. The number of anilines is 2. The molecule has 0 saturated carbocycles. The molecule has 0 aliphatic carbocycles. The predicted octanol–water partition coefficient (Wildman–Crippen LogP) is 3.99. The molecule has 132 valence electrons. The highest BCUT2D eigenvalue weighted by molar-refractivity contribution is 9.10. The molecule has 1 saturated heterocycles. The lowest BCUT2D eigenvalue weighted by molar-refractivity contribution is -0.117. The summed E-state index contributed by atoms with van der Waals surface area (Å²) in [7, 11) is 0. The van der Waals surface area contributed by atoms with Crippen molar-refractivity contribution in [3.05, 3.63) is 58.1 Å². The van der Waals surface area contributed by atoms with Crippen LogP contribution in [0.15, 0.2) is 52.5 Å². The number of carbonyl (C=O) groups is 2. The molecule has 0 spiro atoms. The van der Waals surface area contributed by atoms with Gasteiger partial charge in [0.1, 0.15) is 12.4 Å². The molecule has 0 atom stereocenters. The molecule has 4 rings (SSSR count). The first-order valence-electron chi connectivity index (χ1n) is 8.45. The molecule has 0 aromatic heterocycles. The summed E-state index contributed by atoms with van der Waals surface area (Å²) < 4.78 is 6.60. The molecule has 0 unspecified atom stereocenters. The molecule has 0 bridgehead atoms. The van der Waals surface area contributed by atoms with Crippen molar-refractivity contribution < 1.29 is 14.3 Å². The van der Waals surface area contributed by atoms with Gasteiger partial charge in [-0.25, -0.2) is 0 Å². The number of benzene rings is 2. The SMILES string of the molecule is O=C(Nc1cccc(N2CCCC2=O)c1)C1=Cc2cc(Br)ccc2OC1. The van der Waals surface area contributed by atoms with Gasteiger partial charge in [0, 0.05) is 34.4 Å². The van der Waals surface area contributed by atoms with Crippen molar-refractivity contribution in [2.45, 2.75) is 12.8 Å². The van der Waals surface area contributed by atoms with Crippen molar-refractivity contribution in [3.63, 3.8) is 0 Å². The second-order valence-corrected chi connectivity index (χ2v) is 7.21. The number of amides is 2. The van der Waals surface area contributed by atoms with Crippen molar-refractivity contribution >= 4 is 45.2 Å². The molecule has 2 aromatic rings. The number of halogens is 1. The first-order chi connectivity index (χ1) is 12.6. The Balaban J connectivity index is 1.53. The van der Waals surface area contributed by atoms with Gasteiger partial charge in [-0.15, -0.1) is 0 Å². The number of ether oxygens (including phenoxy) is 1. The topological polar surface area (TPSA) is 58.6 Å². The Kier molecular flexibility index (Phi) is 4.51. The molecule has 6 heteroatoms. The zero-order valence-corrected chi connectivity index (χ0v) is 15.6.